The van der Waals surface area contributed by atoms with Gasteiger partial charge in [-0.25, -0.2) is 0 Å². The van der Waals surface area contributed by atoms with Gasteiger partial charge in [-0.1, -0.05) is 5.16 Å². The first-order chi connectivity index (χ1) is 6.31. The highest BCUT2D eigenvalue weighted by Gasteiger charge is 2.22. The molecule has 1 heterocycles. The van der Waals surface area contributed by atoms with E-state index in [1.807, 2.05) is 22.9 Å². The molecule has 0 bridgehead atoms. The molecule has 4 nitrogen and oxygen atoms in total. The van der Waals surface area contributed by atoms with Crippen molar-refractivity contribution in [3.05, 3.63) is 24.0 Å². The number of hydrogen-bond acceptors (Lipinski definition) is 2. The third-order valence-corrected chi connectivity index (χ3v) is 2.35. The number of oxime groups is 1. The van der Waals surface area contributed by atoms with Gasteiger partial charge in [0.15, 0.2) is 5.84 Å². The van der Waals surface area contributed by atoms with E-state index in [1.165, 1.54) is 12.8 Å². The van der Waals surface area contributed by atoms with Crippen molar-refractivity contribution in [1.29, 1.82) is 0 Å². The van der Waals surface area contributed by atoms with Crippen molar-refractivity contribution in [1.82, 2.24) is 4.57 Å². The second-order valence-electron chi connectivity index (χ2n) is 3.47. The van der Waals surface area contributed by atoms with Gasteiger partial charge in [-0.2, -0.15) is 0 Å². The molecule has 0 radical (unpaired) electrons. The molecule has 70 valence electrons. The highest BCUT2D eigenvalue weighted by atomic mass is 16.4. The lowest BCUT2D eigenvalue weighted by atomic mass is 10.3. The van der Waals surface area contributed by atoms with Crippen LogP contribution in [0.4, 0.5) is 0 Å². The van der Waals surface area contributed by atoms with Crippen LogP contribution in [0.5, 0.6) is 0 Å². The van der Waals surface area contributed by atoms with Crippen molar-refractivity contribution >= 4 is 5.84 Å². The summed E-state index contributed by atoms with van der Waals surface area (Å²) in [5, 5.41) is 11.5. The first kappa shape index (κ1) is 8.16. The van der Waals surface area contributed by atoms with Crippen molar-refractivity contribution in [3.8, 4) is 0 Å². The van der Waals surface area contributed by atoms with Crippen molar-refractivity contribution in [2.75, 3.05) is 0 Å². The molecule has 0 spiro atoms. The quantitative estimate of drug-likeness (QED) is 0.314. The largest absolute Gasteiger partial charge is 0.409 e. The van der Waals surface area contributed by atoms with Crippen LogP contribution < -0.4 is 5.73 Å². The molecule has 0 unspecified atom stereocenters. The molecule has 0 amide bonds. The topological polar surface area (TPSA) is 63.5 Å². The maximum absolute atomic E-state index is 8.53. The smallest absolute Gasteiger partial charge is 0.186 e. The van der Waals surface area contributed by atoms with E-state index in [0.29, 0.717) is 0 Å². The highest BCUT2D eigenvalue weighted by molar-refractivity contribution is 5.95. The van der Waals surface area contributed by atoms with Gasteiger partial charge in [-0.15, -0.1) is 0 Å². The lowest BCUT2D eigenvalue weighted by Crippen LogP contribution is -2.18. The Balaban J connectivity index is 2.18. The maximum atomic E-state index is 8.53. The minimum atomic E-state index is 0.186. The Morgan fingerprint density at radius 2 is 2.46 bits per heavy atom. The number of nitrogens with two attached hydrogens (primary N) is 1. The summed E-state index contributed by atoms with van der Waals surface area (Å²) in [6.45, 7) is 0.985. The van der Waals surface area contributed by atoms with Crippen LogP contribution in [0.15, 0.2) is 23.5 Å². The Morgan fingerprint density at radius 3 is 3.08 bits per heavy atom. The summed E-state index contributed by atoms with van der Waals surface area (Å²) in [6, 6.07) is 3.77. The third kappa shape index (κ3) is 1.66. The second-order valence-corrected chi connectivity index (χ2v) is 3.47. The second kappa shape index (κ2) is 3.12. The van der Waals surface area contributed by atoms with Crippen LogP contribution in [0, 0.1) is 5.92 Å². The molecule has 0 atom stereocenters. The molecule has 0 saturated heterocycles. The minimum absolute atomic E-state index is 0.186. The molecular weight excluding hydrogens is 166 g/mol. The molecule has 1 fully saturated rings. The average molecular weight is 179 g/mol. The predicted molar refractivity (Wildman–Crippen MR) is 49.7 cm³/mol. The van der Waals surface area contributed by atoms with Crippen LogP contribution in [-0.4, -0.2) is 15.6 Å². The van der Waals surface area contributed by atoms with Crippen LogP contribution in [-0.2, 0) is 6.54 Å². The molecule has 2 rings (SSSR count). The summed E-state index contributed by atoms with van der Waals surface area (Å²) in [7, 11) is 0. The first-order valence-electron chi connectivity index (χ1n) is 4.44. The van der Waals surface area contributed by atoms with Gasteiger partial charge in [-0.3, -0.25) is 0 Å². The fourth-order valence-electron chi connectivity index (χ4n) is 1.44. The van der Waals surface area contributed by atoms with Gasteiger partial charge in [0.05, 0.1) is 5.69 Å². The Kier molecular flexibility index (Phi) is 1.96. The lowest BCUT2D eigenvalue weighted by molar-refractivity contribution is 0.318. The fourth-order valence-corrected chi connectivity index (χ4v) is 1.44. The standard InChI is InChI=1S/C9H13N3O/c10-9(11-13)8-2-1-5-12(8)6-7-3-4-7/h1-2,5,7,13H,3-4,6H2,(H2,10,11). The van der Waals surface area contributed by atoms with Crippen LogP contribution in [0.25, 0.3) is 0 Å². The Bertz CT molecular complexity index is 325. The van der Waals surface area contributed by atoms with E-state index in [-0.39, 0.29) is 5.84 Å². The molecule has 0 aromatic carbocycles. The Hall–Kier alpha value is -1.45. The summed E-state index contributed by atoms with van der Waals surface area (Å²) in [4.78, 5) is 0. The molecular formula is C9H13N3O. The first-order valence-corrected chi connectivity index (χ1v) is 4.44. The number of aromatic nitrogens is 1. The zero-order chi connectivity index (χ0) is 9.26. The number of rotatable bonds is 3. The zero-order valence-corrected chi connectivity index (χ0v) is 7.35. The number of nitrogens with zero attached hydrogens (tertiary/aromatic N) is 2. The minimum Gasteiger partial charge on any atom is -0.409 e. The van der Waals surface area contributed by atoms with Crippen LogP contribution in [0.2, 0.25) is 0 Å². The van der Waals surface area contributed by atoms with E-state index < -0.39 is 0 Å². The molecule has 1 saturated carbocycles. The molecule has 13 heavy (non-hydrogen) atoms. The van der Waals surface area contributed by atoms with Crippen LogP contribution in [0.1, 0.15) is 18.5 Å². The highest BCUT2D eigenvalue weighted by Crippen LogP contribution is 2.30. The Morgan fingerprint density at radius 1 is 1.69 bits per heavy atom. The van der Waals surface area contributed by atoms with E-state index in [0.717, 1.165) is 18.2 Å². The van der Waals surface area contributed by atoms with Crippen LogP contribution in [0.3, 0.4) is 0 Å². The summed E-state index contributed by atoms with van der Waals surface area (Å²) in [6.07, 6.45) is 4.56. The molecule has 4 heteroatoms. The van der Waals surface area contributed by atoms with Crippen molar-refractivity contribution in [2.45, 2.75) is 19.4 Å². The van der Waals surface area contributed by atoms with Crippen LogP contribution >= 0.6 is 0 Å². The monoisotopic (exact) mass is 179 g/mol. The van der Waals surface area contributed by atoms with E-state index in [1.54, 1.807) is 0 Å². The fraction of sp³-hybridized carbons (Fsp3) is 0.444. The van der Waals surface area contributed by atoms with Gasteiger partial charge in [0.25, 0.3) is 0 Å². The van der Waals surface area contributed by atoms with Crippen molar-refractivity contribution < 1.29 is 5.21 Å². The van der Waals surface area contributed by atoms with Gasteiger partial charge in [0.1, 0.15) is 0 Å². The molecule has 0 aliphatic heterocycles. The normalized spacial score (nSPS) is 17.7. The van der Waals surface area contributed by atoms with E-state index in [4.69, 9.17) is 10.9 Å². The molecule has 1 aromatic heterocycles. The SMILES string of the molecule is N/C(=N/O)c1cccn1CC1CC1. The predicted octanol–water partition coefficient (Wildman–Crippen LogP) is 0.993. The van der Waals surface area contributed by atoms with E-state index in [9.17, 15) is 0 Å². The van der Waals surface area contributed by atoms with E-state index >= 15 is 0 Å². The molecule has 1 aliphatic carbocycles. The molecule has 1 aliphatic rings. The molecule has 3 N–H and O–H groups in total. The summed E-state index contributed by atoms with van der Waals surface area (Å²) < 4.78 is 2.03. The summed E-state index contributed by atoms with van der Waals surface area (Å²) in [5.41, 5.74) is 6.32. The molecule has 1 aromatic rings. The van der Waals surface area contributed by atoms with Crippen molar-refractivity contribution in [3.63, 3.8) is 0 Å². The van der Waals surface area contributed by atoms with Gasteiger partial charge < -0.3 is 15.5 Å². The average Bonchev–Trinajstić information content (AvgIpc) is 2.82. The third-order valence-electron chi connectivity index (χ3n) is 2.35. The number of hydrogen-bond donors (Lipinski definition) is 2. The van der Waals surface area contributed by atoms with Gasteiger partial charge >= 0.3 is 0 Å². The number of amidine groups is 1. The zero-order valence-electron chi connectivity index (χ0n) is 7.35. The van der Waals surface area contributed by atoms with Crippen molar-refractivity contribution in [2.24, 2.45) is 16.8 Å². The van der Waals surface area contributed by atoms with Gasteiger partial charge in [-0.05, 0) is 30.9 Å². The van der Waals surface area contributed by atoms with E-state index in [2.05, 4.69) is 5.16 Å². The van der Waals surface area contributed by atoms with Gasteiger partial charge in [0.2, 0.25) is 0 Å². The lowest BCUT2D eigenvalue weighted by Gasteiger charge is -2.05. The maximum Gasteiger partial charge on any atom is 0.186 e. The Labute approximate surface area is 76.7 Å². The summed E-state index contributed by atoms with van der Waals surface area (Å²) in [5.74, 6) is 0.975. The van der Waals surface area contributed by atoms with Gasteiger partial charge in [0, 0.05) is 12.7 Å². The summed E-state index contributed by atoms with van der Waals surface area (Å²) >= 11 is 0.